The summed E-state index contributed by atoms with van der Waals surface area (Å²) in [7, 11) is 1.81. The predicted octanol–water partition coefficient (Wildman–Crippen LogP) is 2.44. The van der Waals surface area contributed by atoms with Crippen molar-refractivity contribution in [2.24, 2.45) is 0 Å². The van der Waals surface area contributed by atoms with Crippen molar-refractivity contribution in [1.82, 2.24) is 9.88 Å². The molecule has 0 saturated heterocycles. The Balaban J connectivity index is 0.00000106. The highest BCUT2D eigenvalue weighted by Crippen LogP contribution is 2.01. The molecule has 0 atom stereocenters. The second-order valence-corrected chi connectivity index (χ2v) is 3.50. The molecular formula is C13H22N2O. The molecule has 1 rings (SSSR count). The number of carbonyl (C=O) groups excluding carboxylic acids is 1. The lowest BCUT2D eigenvalue weighted by atomic mass is 10.2. The number of aryl methyl sites for hydroxylation is 1. The Labute approximate surface area is 98.5 Å². The molecule has 0 radical (unpaired) electrons. The average Bonchev–Trinajstić information content (AvgIpc) is 2.30. The fourth-order valence-electron chi connectivity index (χ4n) is 1.10. The van der Waals surface area contributed by atoms with Gasteiger partial charge in [-0.2, -0.15) is 0 Å². The van der Waals surface area contributed by atoms with Crippen molar-refractivity contribution < 1.29 is 4.79 Å². The summed E-state index contributed by atoms with van der Waals surface area (Å²) in [5.74, 6) is 0.102. The number of hydrogen-bond acceptors (Lipinski definition) is 2. The van der Waals surface area contributed by atoms with Gasteiger partial charge in [-0.3, -0.25) is 9.78 Å². The zero-order valence-corrected chi connectivity index (χ0v) is 10.9. The molecule has 0 aliphatic rings. The first-order valence-electron chi connectivity index (χ1n) is 5.73. The van der Waals surface area contributed by atoms with Crippen LogP contribution in [0.5, 0.6) is 0 Å². The molecule has 1 amide bonds. The van der Waals surface area contributed by atoms with E-state index < -0.39 is 0 Å². The van der Waals surface area contributed by atoms with Crippen molar-refractivity contribution in [2.45, 2.75) is 34.1 Å². The Morgan fingerprint density at radius 1 is 1.38 bits per heavy atom. The van der Waals surface area contributed by atoms with Gasteiger partial charge in [0.1, 0.15) is 0 Å². The smallest absolute Gasteiger partial charge is 0.219 e. The molecule has 0 aliphatic heterocycles. The molecule has 3 nitrogen and oxygen atoms in total. The summed E-state index contributed by atoms with van der Waals surface area (Å²) < 4.78 is 0. The lowest BCUT2D eigenvalue weighted by molar-refractivity contribution is -0.127. The molecule has 1 aromatic rings. The van der Waals surface area contributed by atoms with Gasteiger partial charge in [-0.1, -0.05) is 19.9 Å². The first-order chi connectivity index (χ1) is 7.59. The minimum atomic E-state index is 0.102. The van der Waals surface area contributed by atoms with Gasteiger partial charge >= 0.3 is 0 Å². The third-order valence-corrected chi connectivity index (χ3v) is 2.25. The van der Waals surface area contributed by atoms with Crippen LogP contribution < -0.4 is 0 Å². The Bertz CT molecular complexity index is 306. The highest BCUT2D eigenvalue weighted by atomic mass is 16.2. The number of pyridine rings is 1. The Kier molecular flexibility index (Phi) is 7.18. The van der Waals surface area contributed by atoms with Crippen LogP contribution in [0.3, 0.4) is 0 Å². The summed E-state index contributed by atoms with van der Waals surface area (Å²) >= 11 is 0. The van der Waals surface area contributed by atoms with Crippen molar-refractivity contribution in [3.8, 4) is 0 Å². The van der Waals surface area contributed by atoms with Gasteiger partial charge in [-0.25, -0.2) is 0 Å². The molecule has 0 spiro atoms. The van der Waals surface area contributed by atoms with Crippen molar-refractivity contribution >= 4 is 5.91 Å². The van der Waals surface area contributed by atoms with Gasteiger partial charge < -0.3 is 4.90 Å². The average molecular weight is 222 g/mol. The summed E-state index contributed by atoms with van der Waals surface area (Å²) in [5.41, 5.74) is 2.19. The van der Waals surface area contributed by atoms with E-state index in [9.17, 15) is 4.79 Å². The minimum Gasteiger partial charge on any atom is -0.346 e. The molecule has 1 heterocycles. The van der Waals surface area contributed by atoms with E-state index in [0.29, 0.717) is 0 Å². The maximum absolute atomic E-state index is 10.9. The van der Waals surface area contributed by atoms with Crippen molar-refractivity contribution in [3.63, 3.8) is 0 Å². The third kappa shape index (κ3) is 5.49. The van der Waals surface area contributed by atoms with Crippen LogP contribution in [0.15, 0.2) is 18.3 Å². The van der Waals surface area contributed by atoms with Gasteiger partial charge in [0, 0.05) is 32.4 Å². The number of aromatic nitrogens is 1. The SMILES string of the molecule is CC.CC(=O)N(C)CCc1ccc(C)nc1. The van der Waals surface area contributed by atoms with E-state index in [2.05, 4.69) is 11.1 Å². The van der Waals surface area contributed by atoms with Gasteiger partial charge in [0.15, 0.2) is 0 Å². The molecule has 90 valence electrons. The quantitative estimate of drug-likeness (QED) is 0.787. The zero-order valence-electron chi connectivity index (χ0n) is 10.9. The standard InChI is InChI=1S/C11H16N2O.C2H6/c1-9-4-5-11(8-12-9)6-7-13(3)10(2)14;1-2/h4-5,8H,6-7H2,1-3H3;1-2H3. The van der Waals surface area contributed by atoms with Crippen LogP contribution in [0.1, 0.15) is 32.0 Å². The Morgan fingerprint density at radius 3 is 2.44 bits per heavy atom. The molecule has 0 N–H and O–H groups in total. The molecule has 0 unspecified atom stereocenters. The summed E-state index contributed by atoms with van der Waals surface area (Å²) in [6.45, 7) is 8.29. The monoisotopic (exact) mass is 222 g/mol. The van der Waals surface area contributed by atoms with Crippen molar-refractivity contribution in [3.05, 3.63) is 29.6 Å². The topological polar surface area (TPSA) is 33.2 Å². The van der Waals surface area contributed by atoms with Gasteiger partial charge in [0.25, 0.3) is 0 Å². The van der Waals surface area contributed by atoms with E-state index in [1.165, 1.54) is 5.56 Å². The molecular weight excluding hydrogens is 200 g/mol. The normalized spacial score (nSPS) is 9.06. The van der Waals surface area contributed by atoms with Gasteiger partial charge in [0.2, 0.25) is 5.91 Å². The molecule has 0 fully saturated rings. The summed E-state index contributed by atoms with van der Waals surface area (Å²) in [4.78, 5) is 16.8. The van der Waals surface area contributed by atoms with E-state index in [1.54, 1.807) is 11.8 Å². The third-order valence-electron chi connectivity index (χ3n) is 2.25. The number of rotatable bonds is 3. The fraction of sp³-hybridized carbons (Fsp3) is 0.538. The van der Waals surface area contributed by atoms with E-state index >= 15 is 0 Å². The van der Waals surface area contributed by atoms with E-state index in [-0.39, 0.29) is 5.91 Å². The fourth-order valence-corrected chi connectivity index (χ4v) is 1.10. The van der Waals surface area contributed by atoms with Crippen LogP contribution in [-0.2, 0) is 11.2 Å². The molecule has 3 heteroatoms. The molecule has 0 bridgehead atoms. The van der Waals surface area contributed by atoms with Crippen LogP contribution in [0.4, 0.5) is 0 Å². The largest absolute Gasteiger partial charge is 0.346 e. The van der Waals surface area contributed by atoms with Crippen LogP contribution in [0.2, 0.25) is 0 Å². The maximum Gasteiger partial charge on any atom is 0.219 e. The van der Waals surface area contributed by atoms with Crippen molar-refractivity contribution in [2.75, 3.05) is 13.6 Å². The van der Waals surface area contributed by atoms with E-state index in [0.717, 1.165) is 18.7 Å². The zero-order chi connectivity index (χ0) is 12.6. The van der Waals surface area contributed by atoms with Crippen LogP contribution >= 0.6 is 0 Å². The first-order valence-corrected chi connectivity index (χ1v) is 5.73. The number of carbonyl (C=O) groups is 1. The maximum atomic E-state index is 10.9. The second kappa shape index (κ2) is 7.85. The molecule has 16 heavy (non-hydrogen) atoms. The Morgan fingerprint density at radius 2 is 2.00 bits per heavy atom. The molecule has 1 aromatic heterocycles. The second-order valence-electron chi connectivity index (χ2n) is 3.50. The summed E-state index contributed by atoms with van der Waals surface area (Å²) in [5, 5.41) is 0. The van der Waals surface area contributed by atoms with E-state index in [1.807, 2.05) is 40.1 Å². The molecule has 0 aromatic carbocycles. The van der Waals surface area contributed by atoms with Gasteiger partial charge in [-0.15, -0.1) is 0 Å². The van der Waals surface area contributed by atoms with Crippen molar-refractivity contribution in [1.29, 1.82) is 0 Å². The minimum absolute atomic E-state index is 0.102. The summed E-state index contributed by atoms with van der Waals surface area (Å²) in [6, 6.07) is 4.04. The van der Waals surface area contributed by atoms with Crippen LogP contribution in [0.25, 0.3) is 0 Å². The number of hydrogen-bond donors (Lipinski definition) is 0. The Hall–Kier alpha value is -1.38. The predicted molar refractivity (Wildman–Crippen MR) is 67.3 cm³/mol. The number of nitrogens with zero attached hydrogens (tertiary/aromatic N) is 2. The molecule has 0 aliphatic carbocycles. The van der Waals surface area contributed by atoms with Crippen LogP contribution in [-0.4, -0.2) is 29.4 Å². The lowest BCUT2D eigenvalue weighted by Gasteiger charge is -2.14. The summed E-state index contributed by atoms with van der Waals surface area (Å²) in [6.07, 6.45) is 2.73. The van der Waals surface area contributed by atoms with Crippen LogP contribution in [0, 0.1) is 6.92 Å². The highest BCUT2D eigenvalue weighted by molar-refractivity contribution is 5.72. The van der Waals surface area contributed by atoms with Gasteiger partial charge in [-0.05, 0) is 25.0 Å². The highest BCUT2D eigenvalue weighted by Gasteiger charge is 2.01. The first kappa shape index (κ1) is 14.6. The van der Waals surface area contributed by atoms with Gasteiger partial charge in [0.05, 0.1) is 0 Å². The van der Waals surface area contributed by atoms with E-state index in [4.69, 9.17) is 0 Å². The number of likely N-dealkylation sites (N-methyl/N-ethyl adjacent to an activating group) is 1. The lowest BCUT2D eigenvalue weighted by Crippen LogP contribution is -2.26. The number of amides is 1. The molecule has 0 saturated carbocycles.